The number of hydrogen-bond donors (Lipinski definition) is 2. The van der Waals surface area contributed by atoms with E-state index in [-0.39, 0.29) is 48.7 Å². The maximum absolute atomic E-state index is 15.0. The molecule has 11 rings (SSSR count). The highest BCUT2D eigenvalue weighted by Crippen LogP contribution is 2.65. The number of anilines is 1. The largest absolute Gasteiger partial charge is 0.518 e. The van der Waals surface area contributed by atoms with Gasteiger partial charge in [-0.2, -0.15) is 5.26 Å². The van der Waals surface area contributed by atoms with Crippen LogP contribution in [0.3, 0.4) is 0 Å². The van der Waals surface area contributed by atoms with Crippen LogP contribution in [0.1, 0.15) is 68.6 Å². The quantitative estimate of drug-likeness (QED) is 0.128. The Labute approximate surface area is 362 Å². The number of nitriles is 1. The van der Waals surface area contributed by atoms with Gasteiger partial charge in [0.25, 0.3) is 0 Å². The summed E-state index contributed by atoms with van der Waals surface area (Å²) in [5.41, 5.74) is 4.86. The molecular weight excluding hydrogens is 819 g/mol. The lowest BCUT2D eigenvalue weighted by Gasteiger charge is -2.62. The van der Waals surface area contributed by atoms with Crippen molar-refractivity contribution in [1.82, 2.24) is 15.1 Å². The number of nitrogens with one attached hydrogen (secondary N) is 2. The van der Waals surface area contributed by atoms with Gasteiger partial charge < -0.3 is 43.2 Å². The molecule has 3 aromatic carbocycles. The van der Waals surface area contributed by atoms with Crippen molar-refractivity contribution in [1.29, 1.82) is 5.26 Å². The number of carbonyl (C=O) groups excluding carboxylic acids is 3. The number of piperazine rings is 1. The van der Waals surface area contributed by atoms with Gasteiger partial charge in [-0.25, -0.2) is 14.4 Å². The molecule has 17 heteroatoms. The highest BCUT2D eigenvalue weighted by Gasteiger charge is 2.63. The first-order chi connectivity index (χ1) is 30.1. The fourth-order valence-corrected chi connectivity index (χ4v) is 13.1. The molecule has 322 valence electrons. The fraction of sp³-hybridized carbons (Fsp3) is 0.422. The topological polar surface area (TPSA) is 179 Å². The number of benzene rings is 3. The summed E-state index contributed by atoms with van der Waals surface area (Å²) in [7, 11) is 3.48. The molecule has 3 saturated heterocycles. The van der Waals surface area contributed by atoms with E-state index in [1.807, 2.05) is 38.2 Å². The Bertz CT molecular complexity index is 2490. The van der Waals surface area contributed by atoms with Gasteiger partial charge >= 0.3 is 18.3 Å². The summed E-state index contributed by atoms with van der Waals surface area (Å²) in [5, 5.41) is 18.0. The third kappa shape index (κ3) is 5.73. The Hall–Kier alpha value is -5.93. The zero-order chi connectivity index (χ0) is 43.2. The molecule has 1 spiro atoms. The van der Waals surface area contributed by atoms with Gasteiger partial charge in [0.05, 0.1) is 49.1 Å². The number of aryl methyl sites for hydroxylation is 1. The van der Waals surface area contributed by atoms with Gasteiger partial charge in [-0.3, -0.25) is 15.1 Å². The lowest BCUT2D eigenvalue weighted by atomic mass is 9.71. The van der Waals surface area contributed by atoms with E-state index in [1.54, 1.807) is 6.92 Å². The number of likely N-dealkylation sites (N-methyl/N-ethyl adjacent to an activating group) is 1. The highest BCUT2D eigenvalue weighted by atomic mass is 32.2. The van der Waals surface area contributed by atoms with Crippen LogP contribution in [0.4, 0.5) is 15.3 Å². The summed E-state index contributed by atoms with van der Waals surface area (Å²) in [6.07, 6.45) is 1.20. The van der Waals surface area contributed by atoms with Gasteiger partial charge in [0.2, 0.25) is 6.79 Å². The number of para-hydroxylation sites is 1. The van der Waals surface area contributed by atoms with Crippen molar-refractivity contribution in [3.8, 4) is 34.8 Å². The van der Waals surface area contributed by atoms with E-state index in [0.29, 0.717) is 52.5 Å². The first-order valence-corrected chi connectivity index (χ1v) is 21.5. The van der Waals surface area contributed by atoms with Crippen molar-refractivity contribution >= 4 is 35.7 Å². The molecule has 9 atom stereocenters. The number of carbonyl (C=O) groups is 3. The second kappa shape index (κ2) is 15.2. The number of fused-ring (bicyclic) bond motifs is 11. The SMILES string of the molecule is C=COC(=O)Oc1c(C)c2c(c3c1[C@H]1SC[C@]4(NCCC5c6ccccc6NC54)C(=O)OC[C@@H]3N3C1[C@H]1c4c(cc(C)c(OC)c4OC(=O)OC=C)C[C@@H]([C@@H]3C#N)N1C)OCO2. The van der Waals surface area contributed by atoms with Gasteiger partial charge in [0, 0.05) is 51.7 Å². The van der Waals surface area contributed by atoms with E-state index in [1.165, 1.54) is 18.9 Å². The Morgan fingerprint density at radius 3 is 2.50 bits per heavy atom. The number of esters is 1. The summed E-state index contributed by atoms with van der Waals surface area (Å²) < 4.78 is 47.3. The Kier molecular flexibility index (Phi) is 9.82. The number of piperidine rings is 1. The summed E-state index contributed by atoms with van der Waals surface area (Å²) in [6.45, 7) is 11.0. The van der Waals surface area contributed by atoms with Crippen LogP contribution in [-0.4, -0.2) is 97.6 Å². The predicted molar refractivity (Wildman–Crippen MR) is 224 cm³/mol. The van der Waals surface area contributed by atoms with Crippen molar-refractivity contribution in [2.45, 2.75) is 79.6 Å². The van der Waals surface area contributed by atoms with E-state index in [2.05, 4.69) is 45.7 Å². The highest BCUT2D eigenvalue weighted by molar-refractivity contribution is 7.99. The zero-order valence-electron chi connectivity index (χ0n) is 34.6. The molecule has 0 radical (unpaired) electrons. The molecule has 3 unspecified atom stereocenters. The van der Waals surface area contributed by atoms with Crippen LogP contribution >= 0.6 is 11.8 Å². The smallest absolute Gasteiger partial charge is 0.493 e. The zero-order valence-corrected chi connectivity index (χ0v) is 35.4. The molecule has 16 nitrogen and oxygen atoms in total. The summed E-state index contributed by atoms with van der Waals surface area (Å²) >= 11 is 1.50. The molecule has 0 aliphatic carbocycles. The van der Waals surface area contributed by atoms with E-state index >= 15 is 4.79 Å². The first-order valence-electron chi connectivity index (χ1n) is 20.5. The molecule has 0 aromatic heterocycles. The second-order valence-electron chi connectivity index (χ2n) is 16.5. The van der Waals surface area contributed by atoms with Crippen LogP contribution in [0.15, 0.2) is 56.0 Å². The first kappa shape index (κ1) is 40.2. The maximum Gasteiger partial charge on any atom is 0.518 e. The molecule has 8 aliphatic heterocycles. The molecule has 3 fully saturated rings. The minimum absolute atomic E-state index is 0.0219. The van der Waals surface area contributed by atoms with Crippen molar-refractivity contribution in [3.05, 3.63) is 95.0 Å². The second-order valence-corrected chi connectivity index (χ2v) is 17.6. The molecule has 2 N–H and O–H groups in total. The summed E-state index contributed by atoms with van der Waals surface area (Å²) in [4.78, 5) is 45.9. The lowest BCUT2D eigenvalue weighted by molar-refractivity contribution is -0.158. The number of rotatable bonds is 5. The Morgan fingerprint density at radius 1 is 1.02 bits per heavy atom. The molecule has 8 heterocycles. The fourth-order valence-electron chi connectivity index (χ4n) is 11.4. The van der Waals surface area contributed by atoms with Gasteiger partial charge in [0.15, 0.2) is 23.0 Å². The molecule has 62 heavy (non-hydrogen) atoms. The van der Waals surface area contributed by atoms with E-state index in [9.17, 15) is 14.9 Å². The normalized spacial score (nSPS) is 29.8. The van der Waals surface area contributed by atoms with Gasteiger partial charge in [0.1, 0.15) is 23.9 Å². The lowest BCUT2D eigenvalue weighted by Crippen LogP contribution is -2.71. The monoisotopic (exact) mass is 863 g/mol. The maximum atomic E-state index is 15.0. The molecular formula is C45H45N5O11S. The number of methoxy groups -OCH3 is 1. The third-order valence-corrected chi connectivity index (χ3v) is 15.2. The van der Waals surface area contributed by atoms with E-state index in [4.69, 9.17) is 37.9 Å². The third-order valence-electron chi connectivity index (χ3n) is 13.7. The predicted octanol–water partition coefficient (Wildman–Crippen LogP) is 6.23. The average molecular weight is 864 g/mol. The van der Waals surface area contributed by atoms with Gasteiger partial charge in [-0.15, -0.1) is 11.8 Å². The Morgan fingerprint density at radius 2 is 1.76 bits per heavy atom. The minimum atomic E-state index is -1.21. The van der Waals surface area contributed by atoms with Crippen molar-refractivity contribution in [2.75, 3.05) is 45.2 Å². The van der Waals surface area contributed by atoms with Crippen LogP contribution in [0, 0.1) is 25.2 Å². The van der Waals surface area contributed by atoms with Crippen molar-refractivity contribution < 1.29 is 52.3 Å². The number of hydrogen-bond acceptors (Lipinski definition) is 17. The number of nitrogens with zero attached hydrogens (tertiary/aromatic N) is 3. The number of thioether (sulfide) groups is 1. The van der Waals surface area contributed by atoms with Crippen LogP contribution in [0.5, 0.6) is 28.7 Å². The Balaban J connectivity index is 1.23. The van der Waals surface area contributed by atoms with Crippen LogP contribution in [0.2, 0.25) is 0 Å². The summed E-state index contributed by atoms with van der Waals surface area (Å²) in [5.74, 6) is 1.31. The minimum Gasteiger partial charge on any atom is -0.493 e. The molecule has 0 amide bonds. The van der Waals surface area contributed by atoms with Crippen LogP contribution < -0.4 is 34.3 Å². The average Bonchev–Trinajstić information content (AvgIpc) is 3.90. The van der Waals surface area contributed by atoms with Crippen LogP contribution in [-0.2, 0) is 25.4 Å². The van der Waals surface area contributed by atoms with E-state index in [0.717, 1.165) is 41.3 Å². The van der Waals surface area contributed by atoms with Gasteiger partial charge in [-0.05, 0) is 63.0 Å². The van der Waals surface area contributed by atoms with E-state index < -0.39 is 53.2 Å². The standard InChI is InChI=1S/C45H45N5O11S/c1-7-55-43(52)60-36-22(4)37-38(59-20-58-37)31-29-18-57-42(51)45(41-25(13-14-47-45)24-11-9-10-12-26(24)48-41)19-62-40(32(31)36)34-33-30-23(16-27(49(33)5)28(17-46)50(29)34)15-21(3)35(54-6)39(30)61-44(53)56-8-2/h7-12,15,25,27-29,33-34,40-41,47-48H,1-2,13-14,16,18-20H2,3-6H3/t25?,27-,28-,29-,33+,34?,40+,41?,45+/m0/s1. The summed E-state index contributed by atoms with van der Waals surface area (Å²) in [6, 6.07) is 9.28. The van der Waals surface area contributed by atoms with Crippen LogP contribution in [0.25, 0.3) is 0 Å². The van der Waals surface area contributed by atoms with Crippen molar-refractivity contribution in [2.24, 2.45) is 0 Å². The molecule has 8 aliphatic rings. The van der Waals surface area contributed by atoms with Crippen molar-refractivity contribution in [3.63, 3.8) is 0 Å². The molecule has 0 saturated carbocycles. The molecule has 4 bridgehead atoms. The number of ether oxygens (including phenoxy) is 8. The van der Waals surface area contributed by atoms with Gasteiger partial charge in [-0.1, -0.05) is 37.4 Å². The molecule has 3 aromatic rings.